The molecule has 0 atom stereocenters. The summed E-state index contributed by atoms with van der Waals surface area (Å²) in [5.41, 5.74) is 0. The Morgan fingerprint density at radius 3 is 2.67 bits per heavy atom. The highest BCUT2D eigenvalue weighted by Crippen LogP contribution is 2.38. The summed E-state index contributed by atoms with van der Waals surface area (Å²) in [6.07, 6.45) is 0. The lowest BCUT2D eigenvalue weighted by atomic mass is 10.2. The molecule has 1 aromatic heterocycles. The first-order valence-corrected chi connectivity index (χ1v) is 6.61. The van der Waals surface area contributed by atoms with Crippen molar-refractivity contribution in [2.24, 2.45) is 0 Å². The molecule has 15 heavy (non-hydrogen) atoms. The fourth-order valence-electron chi connectivity index (χ4n) is 1.48. The lowest BCUT2D eigenvalue weighted by molar-refractivity contribution is 0.553. The van der Waals surface area contributed by atoms with Gasteiger partial charge in [-0.2, -0.15) is 8.42 Å². The van der Waals surface area contributed by atoms with Gasteiger partial charge >= 0.3 is 10.2 Å². The fourth-order valence-corrected chi connectivity index (χ4v) is 3.99. The van der Waals surface area contributed by atoms with Crippen LogP contribution in [0.5, 0.6) is 0 Å². The summed E-state index contributed by atoms with van der Waals surface area (Å²) in [6, 6.07) is 4.80. The van der Waals surface area contributed by atoms with Crippen LogP contribution in [0, 0.1) is 6.92 Å². The third-order valence-corrected chi connectivity index (χ3v) is 4.75. The van der Waals surface area contributed by atoms with E-state index in [1.165, 1.54) is 11.3 Å². The van der Waals surface area contributed by atoms with Gasteiger partial charge in [0.2, 0.25) is 0 Å². The predicted molar refractivity (Wildman–Crippen MR) is 59.9 cm³/mol. The van der Waals surface area contributed by atoms with E-state index >= 15 is 0 Å². The van der Waals surface area contributed by atoms with Crippen LogP contribution in [0.15, 0.2) is 23.1 Å². The molecule has 0 aliphatic carbocycles. The number of benzene rings is 1. The van der Waals surface area contributed by atoms with E-state index in [9.17, 15) is 12.3 Å². The highest BCUT2D eigenvalue weighted by Gasteiger charge is 2.22. The van der Waals surface area contributed by atoms with E-state index in [2.05, 4.69) is 0 Å². The van der Waals surface area contributed by atoms with Crippen LogP contribution >= 0.6 is 22.9 Å². The van der Waals surface area contributed by atoms with E-state index in [0.717, 1.165) is 0 Å². The molecule has 2 aromatic rings. The van der Waals surface area contributed by atoms with Crippen LogP contribution in [-0.2, 0) is 10.2 Å². The van der Waals surface area contributed by atoms with Gasteiger partial charge in [-0.1, -0.05) is 23.7 Å². The molecule has 0 fully saturated rings. The Bertz CT molecular complexity index is 631. The van der Waals surface area contributed by atoms with Gasteiger partial charge in [-0.15, -0.1) is 15.2 Å². The molecule has 0 radical (unpaired) electrons. The molecule has 0 bridgehead atoms. The number of halogens is 2. The van der Waals surface area contributed by atoms with Gasteiger partial charge in [0.15, 0.2) is 0 Å². The molecule has 1 heterocycles. The van der Waals surface area contributed by atoms with Gasteiger partial charge in [0.1, 0.15) is 4.90 Å². The van der Waals surface area contributed by atoms with Crippen LogP contribution in [0.1, 0.15) is 4.88 Å². The van der Waals surface area contributed by atoms with Gasteiger partial charge in [0.05, 0.1) is 9.72 Å². The minimum Gasteiger partial charge on any atom is -0.189 e. The van der Waals surface area contributed by atoms with E-state index in [1.807, 2.05) is 0 Å². The minimum atomic E-state index is -4.68. The first-order chi connectivity index (χ1) is 6.91. The number of rotatable bonds is 1. The molecule has 2 nitrogen and oxygen atoms in total. The summed E-state index contributed by atoms with van der Waals surface area (Å²) in [7, 11) is -4.68. The second kappa shape index (κ2) is 3.43. The Balaban J connectivity index is 2.99. The van der Waals surface area contributed by atoms with Crippen LogP contribution in [0.2, 0.25) is 5.02 Å². The van der Waals surface area contributed by atoms with Gasteiger partial charge in [0.25, 0.3) is 0 Å². The van der Waals surface area contributed by atoms with Crippen molar-refractivity contribution < 1.29 is 12.3 Å². The van der Waals surface area contributed by atoms with Crippen LogP contribution in [-0.4, -0.2) is 8.42 Å². The molecule has 0 spiro atoms. The highest BCUT2D eigenvalue weighted by molar-refractivity contribution is 7.86. The van der Waals surface area contributed by atoms with E-state index < -0.39 is 10.2 Å². The average molecular weight is 265 g/mol. The van der Waals surface area contributed by atoms with Crippen molar-refractivity contribution in [2.45, 2.75) is 11.8 Å². The number of hydrogen-bond acceptors (Lipinski definition) is 3. The molecular formula is C9H6ClFO2S2. The van der Waals surface area contributed by atoms with Crippen molar-refractivity contribution >= 4 is 43.2 Å². The Hall–Kier alpha value is -0.650. The largest absolute Gasteiger partial charge is 0.333 e. The summed E-state index contributed by atoms with van der Waals surface area (Å²) in [4.78, 5) is 0.158. The SMILES string of the molecule is Cc1sc2c(Cl)cccc2c1S(=O)(=O)F. The molecular weight excluding hydrogens is 259 g/mol. The van der Waals surface area contributed by atoms with Crippen LogP contribution in [0.3, 0.4) is 0 Å². The molecule has 0 N–H and O–H groups in total. The zero-order chi connectivity index (χ0) is 11.2. The Labute approximate surface area is 95.5 Å². The summed E-state index contributed by atoms with van der Waals surface area (Å²) in [5.74, 6) is 0. The fraction of sp³-hybridized carbons (Fsp3) is 0.111. The molecule has 0 unspecified atom stereocenters. The van der Waals surface area contributed by atoms with Crippen LogP contribution in [0.25, 0.3) is 10.1 Å². The zero-order valence-electron chi connectivity index (χ0n) is 7.62. The zero-order valence-corrected chi connectivity index (χ0v) is 10.0. The molecule has 1 aromatic carbocycles. The van der Waals surface area contributed by atoms with E-state index in [4.69, 9.17) is 11.6 Å². The van der Waals surface area contributed by atoms with Crippen molar-refractivity contribution in [3.05, 3.63) is 28.1 Å². The quantitative estimate of drug-likeness (QED) is 0.739. The average Bonchev–Trinajstić information content (AvgIpc) is 2.41. The van der Waals surface area contributed by atoms with Crippen molar-refractivity contribution in [1.82, 2.24) is 0 Å². The van der Waals surface area contributed by atoms with Crippen LogP contribution < -0.4 is 0 Å². The highest BCUT2D eigenvalue weighted by atomic mass is 35.5. The van der Waals surface area contributed by atoms with Crippen molar-refractivity contribution in [2.75, 3.05) is 0 Å². The van der Waals surface area contributed by atoms with Gasteiger partial charge in [-0.25, -0.2) is 0 Å². The van der Waals surface area contributed by atoms with E-state index in [-0.39, 0.29) is 4.90 Å². The summed E-state index contributed by atoms with van der Waals surface area (Å²) in [5, 5.41) is 0.794. The normalized spacial score (nSPS) is 12.2. The summed E-state index contributed by atoms with van der Waals surface area (Å²) < 4.78 is 35.5. The smallest absolute Gasteiger partial charge is 0.189 e. The van der Waals surface area contributed by atoms with Crippen molar-refractivity contribution in [1.29, 1.82) is 0 Å². The van der Waals surface area contributed by atoms with E-state index in [1.54, 1.807) is 25.1 Å². The maximum Gasteiger partial charge on any atom is 0.333 e. The second-order valence-electron chi connectivity index (χ2n) is 3.04. The molecule has 0 saturated heterocycles. The maximum atomic E-state index is 13.0. The van der Waals surface area contributed by atoms with Gasteiger partial charge < -0.3 is 0 Å². The summed E-state index contributed by atoms with van der Waals surface area (Å²) in [6.45, 7) is 1.56. The Morgan fingerprint density at radius 1 is 1.40 bits per heavy atom. The molecule has 0 saturated carbocycles. The monoisotopic (exact) mass is 264 g/mol. The molecule has 0 aliphatic rings. The molecule has 6 heteroatoms. The number of fused-ring (bicyclic) bond motifs is 1. The standard InChI is InChI=1S/C9H6ClFO2S2/c1-5-9(15(11,12)13)6-3-2-4-7(10)8(6)14-5/h2-4H,1H3. The lowest BCUT2D eigenvalue weighted by Gasteiger charge is -1.94. The van der Waals surface area contributed by atoms with Gasteiger partial charge in [0, 0.05) is 10.3 Å². The first kappa shape index (κ1) is 10.9. The number of thiophene rings is 1. The van der Waals surface area contributed by atoms with Gasteiger partial charge in [-0.3, -0.25) is 0 Å². The van der Waals surface area contributed by atoms with Gasteiger partial charge in [-0.05, 0) is 13.0 Å². The molecule has 0 aliphatic heterocycles. The first-order valence-electron chi connectivity index (χ1n) is 4.03. The van der Waals surface area contributed by atoms with E-state index in [0.29, 0.717) is 20.0 Å². The minimum absolute atomic E-state index is 0.259. The third kappa shape index (κ3) is 1.75. The number of hydrogen-bond donors (Lipinski definition) is 0. The Kier molecular flexibility index (Phi) is 2.48. The third-order valence-electron chi connectivity index (χ3n) is 2.03. The summed E-state index contributed by atoms with van der Waals surface area (Å²) >= 11 is 7.07. The molecule has 80 valence electrons. The maximum absolute atomic E-state index is 13.0. The molecule has 2 rings (SSSR count). The number of aryl methyl sites for hydroxylation is 1. The lowest BCUT2D eigenvalue weighted by Crippen LogP contribution is -1.91. The Morgan fingerprint density at radius 2 is 2.07 bits per heavy atom. The predicted octanol–water partition coefficient (Wildman–Crippen LogP) is 3.52. The van der Waals surface area contributed by atoms with Crippen molar-refractivity contribution in [3.8, 4) is 0 Å². The van der Waals surface area contributed by atoms with Crippen molar-refractivity contribution in [3.63, 3.8) is 0 Å². The topological polar surface area (TPSA) is 34.1 Å². The second-order valence-corrected chi connectivity index (χ2v) is 5.96. The molecule has 0 amide bonds. The van der Waals surface area contributed by atoms with Crippen LogP contribution in [0.4, 0.5) is 3.89 Å².